The van der Waals surface area contributed by atoms with Crippen molar-refractivity contribution in [2.75, 3.05) is 6.61 Å². The number of hydrogen-bond donors (Lipinski definition) is 0. The molecule has 1 aliphatic rings. The zero-order chi connectivity index (χ0) is 9.84. The van der Waals surface area contributed by atoms with Crippen LogP contribution in [0.4, 0.5) is 0 Å². The van der Waals surface area contributed by atoms with Crippen molar-refractivity contribution in [3.05, 3.63) is 0 Å². The molecule has 3 atom stereocenters. The summed E-state index contributed by atoms with van der Waals surface area (Å²) in [5, 5.41) is 0. The third kappa shape index (κ3) is 3.37. The van der Waals surface area contributed by atoms with Gasteiger partial charge in [-0.1, -0.05) is 20.3 Å². The van der Waals surface area contributed by atoms with E-state index in [9.17, 15) is 4.79 Å². The Kier molecular flexibility index (Phi) is 3.76. The van der Waals surface area contributed by atoms with Gasteiger partial charge in [0.15, 0.2) is 0 Å². The molecule has 0 aromatic rings. The van der Waals surface area contributed by atoms with E-state index in [1.807, 2.05) is 0 Å². The van der Waals surface area contributed by atoms with Crippen LogP contribution in [0.3, 0.4) is 0 Å². The highest BCUT2D eigenvalue weighted by atomic mass is 16.5. The summed E-state index contributed by atoms with van der Waals surface area (Å²) in [6.45, 7) is 6.68. The average molecular weight is 184 g/mol. The lowest BCUT2D eigenvalue weighted by molar-refractivity contribution is -0.143. The topological polar surface area (TPSA) is 26.3 Å². The van der Waals surface area contributed by atoms with Crippen molar-refractivity contribution in [3.63, 3.8) is 0 Å². The molecule has 2 heteroatoms. The van der Waals surface area contributed by atoms with E-state index < -0.39 is 0 Å². The summed E-state index contributed by atoms with van der Waals surface area (Å²) in [6.07, 6.45) is 3.79. The zero-order valence-electron chi connectivity index (χ0n) is 8.88. The molecule has 0 heterocycles. The minimum Gasteiger partial charge on any atom is -0.466 e. The zero-order valence-corrected chi connectivity index (χ0v) is 8.88. The Morgan fingerprint density at radius 1 is 1.38 bits per heavy atom. The van der Waals surface area contributed by atoms with Crippen molar-refractivity contribution in [2.24, 2.45) is 17.8 Å². The number of ether oxygens (including phenoxy) is 1. The normalized spacial score (nSPS) is 34.2. The molecule has 1 fully saturated rings. The van der Waals surface area contributed by atoms with Crippen LogP contribution in [0.1, 0.15) is 40.0 Å². The molecule has 0 saturated heterocycles. The lowest BCUT2D eigenvalue weighted by Gasteiger charge is -2.31. The van der Waals surface area contributed by atoms with Gasteiger partial charge in [-0.15, -0.1) is 0 Å². The van der Waals surface area contributed by atoms with Gasteiger partial charge in [0, 0.05) is 6.92 Å². The molecule has 0 spiro atoms. The van der Waals surface area contributed by atoms with E-state index in [1.165, 1.54) is 26.2 Å². The van der Waals surface area contributed by atoms with Crippen molar-refractivity contribution in [2.45, 2.75) is 40.0 Å². The van der Waals surface area contributed by atoms with Crippen molar-refractivity contribution in [1.29, 1.82) is 0 Å². The van der Waals surface area contributed by atoms with Crippen molar-refractivity contribution in [1.82, 2.24) is 0 Å². The average Bonchev–Trinajstić information content (AvgIpc) is 2.02. The molecule has 76 valence electrons. The van der Waals surface area contributed by atoms with E-state index in [-0.39, 0.29) is 5.97 Å². The van der Waals surface area contributed by atoms with Gasteiger partial charge < -0.3 is 4.74 Å². The van der Waals surface area contributed by atoms with Gasteiger partial charge in [-0.2, -0.15) is 0 Å². The van der Waals surface area contributed by atoms with Gasteiger partial charge in [0.2, 0.25) is 0 Å². The molecule has 1 saturated carbocycles. The molecule has 0 unspecified atom stereocenters. The van der Waals surface area contributed by atoms with Crippen LogP contribution in [-0.4, -0.2) is 12.6 Å². The molecule has 0 radical (unpaired) electrons. The lowest BCUT2D eigenvalue weighted by Crippen LogP contribution is -2.26. The maximum Gasteiger partial charge on any atom is 0.302 e. The molecule has 1 aliphatic carbocycles. The van der Waals surface area contributed by atoms with E-state index in [0.29, 0.717) is 18.4 Å². The third-order valence-corrected chi connectivity index (χ3v) is 3.11. The smallest absolute Gasteiger partial charge is 0.302 e. The van der Waals surface area contributed by atoms with Gasteiger partial charge in [0.05, 0.1) is 6.61 Å². The number of rotatable bonds is 2. The Bertz CT molecular complexity index is 177. The monoisotopic (exact) mass is 184 g/mol. The molecule has 0 aromatic carbocycles. The summed E-state index contributed by atoms with van der Waals surface area (Å²) in [4.78, 5) is 10.6. The lowest BCUT2D eigenvalue weighted by atomic mass is 9.76. The van der Waals surface area contributed by atoms with Crippen LogP contribution < -0.4 is 0 Å². The Morgan fingerprint density at radius 3 is 2.62 bits per heavy atom. The fraction of sp³-hybridized carbons (Fsp3) is 0.909. The van der Waals surface area contributed by atoms with Crippen LogP contribution >= 0.6 is 0 Å². The first kappa shape index (κ1) is 10.6. The maximum atomic E-state index is 10.6. The summed E-state index contributed by atoms with van der Waals surface area (Å²) in [7, 11) is 0. The summed E-state index contributed by atoms with van der Waals surface area (Å²) in [6, 6.07) is 0. The molecule has 0 N–H and O–H groups in total. The standard InChI is InChI=1S/C11H20O2/c1-8-4-5-11(9(2)6-8)7-13-10(3)12/h8-9,11H,4-7H2,1-3H3/t8-,9-,11-/m1/s1. The summed E-state index contributed by atoms with van der Waals surface area (Å²) in [5.41, 5.74) is 0. The second-order valence-corrected chi connectivity index (χ2v) is 4.46. The fourth-order valence-electron chi connectivity index (χ4n) is 2.20. The molecule has 2 nitrogen and oxygen atoms in total. The van der Waals surface area contributed by atoms with Gasteiger partial charge in [0.25, 0.3) is 0 Å². The number of esters is 1. The van der Waals surface area contributed by atoms with Crippen LogP contribution in [-0.2, 0) is 9.53 Å². The fourth-order valence-corrected chi connectivity index (χ4v) is 2.20. The van der Waals surface area contributed by atoms with E-state index >= 15 is 0 Å². The highest BCUT2D eigenvalue weighted by Crippen LogP contribution is 2.33. The quantitative estimate of drug-likeness (QED) is 0.617. The highest BCUT2D eigenvalue weighted by Gasteiger charge is 2.25. The minimum atomic E-state index is -0.147. The predicted octanol–water partition coefficient (Wildman–Crippen LogP) is 2.62. The molecule has 0 aliphatic heterocycles. The first-order valence-electron chi connectivity index (χ1n) is 5.23. The van der Waals surface area contributed by atoms with Gasteiger partial charge in [-0.05, 0) is 30.6 Å². The summed E-state index contributed by atoms with van der Waals surface area (Å²) in [5.74, 6) is 2.01. The van der Waals surface area contributed by atoms with Crippen molar-refractivity contribution >= 4 is 5.97 Å². The first-order valence-corrected chi connectivity index (χ1v) is 5.23. The van der Waals surface area contributed by atoms with Gasteiger partial charge in [-0.3, -0.25) is 4.79 Å². The second-order valence-electron chi connectivity index (χ2n) is 4.46. The van der Waals surface area contributed by atoms with Crippen molar-refractivity contribution in [3.8, 4) is 0 Å². The molecular formula is C11H20O2. The number of hydrogen-bond acceptors (Lipinski definition) is 2. The summed E-state index contributed by atoms with van der Waals surface area (Å²) >= 11 is 0. The predicted molar refractivity (Wildman–Crippen MR) is 52.3 cm³/mol. The Balaban J connectivity index is 2.29. The van der Waals surface area contributed by atoms with Crippen LogP contribution in [0.15, 0.2) is 0 Å². The van der Waals surface area contributed by atoms with Gasteiger partial charge in [-0.25, -0.2) is 0 Å². The number of carbonyl (C=O) groups is 1. The van der Waals surface area contributed by atoms with E-state index in [2.05, 4.69) is 13.8 Å². The molecule has 1 rings (SSSR count). The van der Waals surface area contributed by atoms with E-state index in [1.54, 1.807) is 0 Å². The molecule has 0 bridgehead atoms. The van der Waals surface area contributed by atoms with Gasteiger partial charge in [0.1, 0.15) is 0 Å². The molecule has 0 amide bonds. The second kappa shape index (κ2) is 4.64. The third-order valence-electron chi connectivity index (χ3n) is 3.11. The summed E-state index contributed by atoms with van der Waals surface area (Å²) < 4.78 is 5.05. The Hall–Kier alpha value is -0.530. The molecule has 13 heavy (non-hydrogen) atoms. The largest absolute Gasteiger partial charge is 0.466 e. The van der Waals surface area contributed by atoms with Crippen molar-refractivity contribution < 1.29 is 9.53 Å². The van der Waals surface area contributed by atoms with Gasteiger partial charge >= 0.3 is 5.97 Å². The SMILES string of the molecule is CC(=O)OC[C@H]1CC[C@@H](C)C[C@H]1C. The number of carbonyl (C=O) groups excluding carboxylic acids is 1. The van der Waals surface area contributed by atoms with E-state index in [4.69, 9.17) is 4.74 Å². The van der Waals surface area contributed by atoms with Crippen LogP contribution in [0, 0.1) is 17.8 Å². The maximum absolute atomic E-state index is 10.6. The molecular weight excluding hydrogens is 164 g/mol. The Labute approximate surface area is 80.7 Å². The van der Waals surface area contributed by atoms with Crippen LogP contribution in [0.25, 0.3) is 0 Å². The van der Waals surface area contributed by atoms with E-state index in [0.717, 1.165) is 5.92 Å². The first-order chi connectivity index (χ1) is 6.09. The molecule has 0 aromatic heterocycles. The van der Waals surface area contributed by atoms with Crippen LogP contribution in [0.5, 0.6) is 0 Å². The minimum absolute atomic E-state index is 0.147. The Morgan fingerprint density at radius 2 is 2.08 bits per heavy atom. The highest BCUT2D eigenvalue weighted by molar-refractivity contribution is 5.65. The van der Waals surface area contributed by atoms with Crippen LogP contribution in [0.2, 0.25) is 0 Å².